The van der Waals surface area contributed by atoms with Crippen molar-refractivity contribution in [2.75, 3.05) is 6.61 Å². The van der Waals surface area contributed by atoms with Crippen LogP contribution in [0.5, 0.6) is 0 Å². The number of carbonyl (C=O) groups excluding carboxylic acids is 2. The molecule has 1 amide bonds. The second kappa shape index (κ2) is 5.62. The molecule has 1 aromatic heterocycles. The van der Waals surface area contributed by atoms with E-state index in [1.165, 1.54) is 25.5 Å². The van der Waals surface area contributed by atoms with Crippen LogP contribution in [0, 0.1) is 17.8 Å². The number of nitrogens with one attached hydrogen (secondary N) is 1. The van der Waals surface area contributed by atoms with Gasteiger partial charge in [-0.05, 0) is 68.4 Å². The van der Waals surface area contributed by atoms with Crippen molar-refractivity contribution in [2.45, 2.75) is 44.1 Å². The fraction of sp³-hybridized carbons (Fsp3) is 0.611. The van der Waals surface area contributed by atoms with Gasteiger partial charge in [-0.2, -0.15) is 0 Å². The normalized spacial score (nSPS) is 34.2. The fourth-order valence-electron chi connectivity index (χ4n) is 5.29. The van der Waals surface area contributed by atoms with Gasteiger partial charge in [0.25, 0.3) is 5.91 Å². The van der Waals surface area contributed by atoms with E-state index in [1.807, 2.05) is 0 Å². The van der Waals surface area contributed by atoms with Gasteiger partial charge in [-0.15, -0.1) is 0 Å². The molecule has 4 fully saturated rings. The number of rotatable bonds is 4. The van der Waals surface area contributed by atoms with Crippen LogP contribution in [0.1, 0.15) is 48.9 Å². The zero-order chi connectivity index (χ0) is 15.9. The molecule has 4 aliphatic carbocycles. The number of hydrogen-bond donors (Lipinski definition) is 1. The predicted molar refractivity (Wildman–Crippen MR) is 83.6 cm³/mol. The second-order valence-corrected chi connectivity index (χ2v) is 7.56. The number of nitrogens with zero attached hydrogens (tertiary/aromatic N) is 1. The molecular formula is C18H22N2O3. The molecule has 0 aliphatic heterocycles. The molecule has 5 heteroatoms. The first-order valence-corrected chi connectivity index (χ1v) is 8.50. The standard InChI is InChI=1S/C18H22N2O3/c21-16(11-23-17(22)15-2-1-3-19-10-15)20-18-7-12-4-13(8-18)6-14(5-12)9-18/h1-3,10,12-14H,4-9,11H2,(H,20,21). The maximum Gasteiger partial charge on any atom is 0.340 e. The van der Waals surface area contributed by atoms with E-state index in [-0.39, 0.29) is 18.1 Å². The van der Waals surface area contributed by atoms with Crippen molar-refractivity contribution >= 4 is 11.9 Å². The molecule has 4 saturated carbocycles. The average Bonchev–Trinajstić information content (AvgIpc) is 2.51. The van der Waals surface area contributed by atoms with Crippen LogP contribution >= 0.6 is 0 Å². The summed E-state index contributed by atoms with van der Waals surface area (Å²) in [5.41, 5.74) is 0.335. The molecule has 1 aromatic rings. The third kappa shape index (κ3) is 2.96. The highest BCUT2D eigenvalue weighted by Crippen LogP contribution is 2.55. The highest BCUT2D eigenvalue weighted by atomic mass is 16.5. The van der Waals surface area contributed by atoms with E-state index < -0.39 is 5.97 Å². The maximum absolute atomic E-state index is 12.3. The van der Waals surface area contributed by atoms with Crippen molar-refractivity contribution in [3.8, 4) is 0 Å². The molecule has 0 unspecified atom stereocenters. The van der Waals surface area contributed by atoms with Crippen LogP contribution in [-0.4, -0.2) is 29.0 Å². The lowest BCUT2D eigenvalue weighted by Gasteiger charge is -2.56. The summed E-state index contributed by atoms with van der Waals surface area (Å²) in [5, 5.41) is 3.20. The van der Waals surface area contributed by atoms with E-state index in [0.29, 0.717) is 5.56 Å². The van der Waals surface area contributed by atoms with Crippen LogP contribution in [0.15, 0.2) is 24.5 Å². The van der Waals surface area contributed by atoms with Gasteiger partial charge in [-0.25, -0.2) is 4.79 Å². The summed E-state index contributed by atoms with van der Waals surface area (Å²) in [5.74, 6) is 1.65. The van der Waals surface area contributed by atoms with Crippen molar-refractivity contribution in [1.29, 1.82) is 0 Å². The van der Waals surface area contributed by atoms with Gasteiger partial charge in [0.05, 0.1) is 5.56 Å². The van der Waals surface area contributed by atoms with Gasteiger partial charge in [0.2, 0.25) is 0 Å². The smallest absolute Gasteiger partial charge is 0.340 e. The van der Waals surface area contributed by atoms with Crippen LogP contribution in [0.25, 0.3) is 0 Å². The SMILES string of the molecule is O=C(COC(=O)c1cccnc1)NC12CC3CC(CC(C3)C1)C2. The van der Waals surface area contributed by atoms with E-state index in [1.54, 1.807) is 18.3 Å². The lowest BCUT2D eigenvalue weighted by atomic mass is 9.53. The molecule has 0 radical (unpaired) electrons. The summed E-state index contributed by atoms with van der Waals surface area (Å²) in [6, 6.07) is 3.30. The first-order chi connectivity index (χ1) is 11.1. The average molecular weight is 314 g/mol. The van der Waals surface area contributed by atoms with Crippen LogP contribution in [0.3, 0.4) is 0 Å². The van der Waals surface area contributed by atoms with Crippen molar-refractivity contribution in [3.63, 3.8) is 0 Å². The summed E-state index contributed by atoms with van der Waals surface area (Å²) >= 11 is 0. The number of esters is 1. The van der Waals surface area contributed by atoms with E-state index >= 15 is 0 Å². The minimum atomic E-state index is -0.501. The largest absolute Gasteiger partial charge is 0.452 e. The highest BCUT2D eigenvalue weighted by molar-refractivity contribution is 5.91. The van der Waals surface area contributed by atoms with Gasteiger partial charge >= 0.3 is 5.97 Å². The van der Waals surface area contributed by atoms with Crippen molar-refractivity contribution in [2.24, 2.45) is 17.8 Å². The molecule has 0 spiro atoms. The Hall–Kier alpha value is -1.91. The van der Waals surface area contributed by atoms with Gasteiger partial charge in [-0.3, -0.25) is 9.78 Å². The third-order valence-electron chi connectivity index (χ3n) is 5.67. The number of pyridine rings is 1. The number of ether oxygens (including phenoxy) is 1. The topological polar surface area (TPSA) is 68.3 Å². The van der Waals surface area contributed by atoms with Crippen molar-refractivity contribution in [3.05, 3.63) is 30.1 Å². The van der Waals surface area contributed by atoms with Crippen LogP contribution < -0.4 is 5.32 Å². The Morgan fingerprint density at radius 3 is 2.39 bits per heavy atom. The monoisotopic (exact) mass is 314 g/mol. The fourth-order valence-corrected chi connectivity index (χ4v) is 5.29. The van der Waals surface area contributed by atoms with Gasteiger partial charge in [-0.1, -0.05) is 0 Å². The van der Waals surface area contributed by atoms with Crippen LogP contribution in [-0.2, 0) is 9.53 Å². The number of amides is 1. The quantitative estimate of drug-likeness (QED) is 0.866. The molecule has 0 saturated heterocycles. The molecule has 0 aromatic carbocycles. The minimum absolute atomic E-state index is 0.0352. The summed E-state index contributed by atoms with van der Waals surface area (Å²) in [7, 11) is 0. The summed E-state index contributed by atoms with van der Waals surface area (Å²) in [6.45, 7) is -0.213. The van der Waals surface area contributed by atoms with Gasteiger partial charge < -0.3 is 10.1 Å². The zero-order valence-electron chi connectivity index (χ0n) is 13.2. The highest BCUT2D eigenvalue weighted by Gasteiger charge is 2.51. The molecule has 1 heterocycles. The Morgan fingerprint density at radius 1 is 1.17 bits per heavy atom. The molecule has 5 nitrogen and oxygen atoms in total. The second-order valence-electron chi connectivity index (χ2n) is 7.56. The molecule has 5 rings (SSSR count). The Labute approximate surface area is 135 Å². The first-order valence-electron chi connectivity index (χ1n) is 8.50. The summed E-state index contributed by atoms with van der Waals surface area (Å²) < 4.78 is 5.11. The van der Waals surface area contributed by atoms with E-state index in [0.717, 1.165) is 37.0 Å². The maximum atomic E-state index is 12.3. The Balaban J connectivity index is 1.33. The molecule has 23 heavy (non-hydrogen) atoms. The number of carbonyl (C=O) groups is 2. The van der Waals surface area contributed by atoms with Crippen LogP contribution in [0.4, 0.5) is 0 Å². The molecule has 4 aliphatic rings. The number of hydrogen-bond acceptors (Lipinski definition) is 4. The molecule has 122 valence electrons. The van der Waals surface area contributed by atoms with Crippen LogP contribution in [0.2, 0.25) is 0 Å². The summed E-state index contributed by atoms with van der Waals surface area (Å²) in [4.78, 5) is 28.0. The van der Waals surface area contributed by atoms with Crippen molar-refractivity contribution < 1.29 is 14.3 Å². The Kier molecular flexibility index (Phi) is 3.58. The van der Waals surface area contributed by atoms with Crippen molar-refractivity contribution in [1.82, 2.24) is 10.3 Å². The van der Waals surface area contributed by atoms with E-state index in [9.17, 15) is 9.59 Å². The van der Waals surface area contributed by atoms with E-state index in [4.69, 9.17) is 4.74 Å². The lowest BCUT2D eigenvalue weighted by molar-refractivity contribution is -0.130. The predicted octanol–water partition coefficient (Wildman–Crippen LogP) is 2.32. The van der Waals surface area contributed by atoms with Gasteiger partial charge in [0.1, 0.15) is 0 Å². The Bertz CT molecular complexity index is 579. The van der Waals surface area contributed by atoms with Gasteiger partial charge in [0, 0.05) is 17.9 Å². The number of aromatic nitrogens is 1. The molecule has 0 atom stereocenters. The van der Waals surface area contributed by atoms with Gasteiger partial charge in [0.15, 0.2) is 6.61 Å². The Morgan fingerprint density at radius 2 is 1.83 bits per heavy atom. The molecular weight excluding hydrogens is 292 g/mol. The molecule has 1 N–H and O–H groups in total. The van der Waals surface area contributed by atoms with E-state index in [2.05, 4.69) is 10.3 Å². The minimum Gasteiger partial charge on any atom is -0.452 e. The zero-order valence-corrected chi connectivity index (χ0v) is 13.2. The third-order valence-corrected chi connectivity index (χ3v) is 5.67. The lowest BCUT2D eigenvalue weighted by Crippen LogP contribution is -2.60. The molecule has 4 bridgehead atoms. The summed E-state index contributed by atoms with van der Waals surface area (Å²) in [6.07, 6.45) is 10.3. The first kappa shape index (κ1) is 14.7.